The molecule has 0 atom stereocenters. The molecule has 0 aliphatic carbocycles. The number of esters is 1. The van der Waals surface area contributed by atoms with Crippen molar-refractivity contribution >= 4 is 40.2 Å². The number of carbonyl (C=O) groups is 2. The van der Waals surface area contributed by atoms with Crippen molar-refractivity contribution in [3.8, 4) is 11.1 Å². The van der Waals surface area contributed by atoms with Crippen molar-refractivity contribution in [2.24, 2.45) is 0 Å². The normalized spacial score (nSPS) is 11.2. The second-order valence-corrected chi connectivity index (χ2v) is 6.12. The number of ether oxygens (including phenoxy) is 1. The summed E-state index contributed by atoms with van der Waals surface area (Å²) < 4.78 is 40.3. The summed E-state index contributed by atoms with van der Waals surface area (Å²) in [6, 6.07) is 12.0. The highest BCUT2D eigenvalue weighted by molar-refractivity contribution is 5.95. The van der Waals surface area contributed by atoms with Gasteiger partial charge in [0.05, 0.1) is 5.52 Å². The number of nitrogens with zero attached hydrogens (tertiary/aromatic N) is 2. The van der Waals surface area contributed by atoms with Gasteiger partial charge in [-0.05, 0) is 35.4 Å². The van der Waals surface area contributed by atoms with Gasteiger partial charge in [0.2, 0.25) is 5.95 Å². The Balaban J connectivity index is 1.78. The molecule has 0 saturated heterocycles. The smallest absolute Gasteiger partial charge is 0.449 e. The second-order valence-electron chi connectivity index (χ2n) is 6.12. The van der Waals surface area contributed by atoms with E-state index in [1.54, 1.807) is 37.4 Å². The molecule has 0 saturated carbocycles. The average Bonchev–Trinajstić information content (AvgIpc) is 2.70. The molecule has 3 aromatic rings. The molecule has 4 N–H and O–H groups in total. The third-order valence-corrected chi connectivity index (χ3v) is 4.00. The fourth-order valence-corrected chi connectivity index (χ4v) is 2.70. The first-order valence-corrected chi connectivity index (χ1v) is 8.56. The highest BCUT2D eigenvalue weighted by Gasteiger charge is 2.41. The summed E-state index contributed by atoms with van der Waals surface area (Å²) in [5.41, 5.74) is 8.14. The van der Waals surface area contributed by atoms with Crippen LogP contribution in [0.3, 0.4) is 0 Å². The number of carbonyl (C=O) groups excluding carboxylic acids is 2. The molecule has 3 rings (SSSR count). The van der Waals surface area contributed by atoms with Gasteiger partial charge in [-0.25, -0.2) is 9.78 Å². The van der Waals surface area contributed by atoms with Crippen LogP contribution in [-0.2, 0) is 14.3 Å². The van der Waals surface area contributed by atoms with E-state index >= 15 is 0 Å². The minimum atomic E-state index is -5.16. The Morgan fingerprint density at radius 3 is 2.53 bits per heavy atom. The Labute approximate surface area is 168 Å². The predicted molar refractivity (Wildman–Crippen MR) is 105 cm³/mol. The van der Waals surface area contributed by atoms with Gasteiger partial charge in [0.1, 0.15) is 5.82 Å². The number of anilines is 3. The van der Waals surface area contributed by atoms with E-state index in [9.17, 15) is 22.8 Å². The van der Waals surface area contributed by atoms with E-state index in [1.807, 2.05) is 12.1 Å². The van der Waals surface area contributed by atoms with Crippen LogP contribution in [-0.4, -0.2) is 41.7 Å². The first-order chi connectivity index (χ1) is 14.2. The van der Waals surface area contributed by atoms with Crippen molar-refractivity contribution in [2.45, 2.75) is 6.18 Å². The van der Waals surface area contributed by atoms with Gasteiger partial charge in [-0.2, -0.15) is 18.2 Å². The highest BCUT2D eigenvalue weighted by atomic mass is 19.4. The second kappa shape index (κ2) is 8.23. The lowest BCUT2D eigenvalue weighted by molar-refractivity contribution is -0.199. The van der Waals surface area contributed by atoms with Crippen molar-refractivity contribution < 1.29 is 27.5 Å². The molecule has 8 nitrogen and oxygen atoms in total. The number of nitrogen functional groups attached to an aromatic ring is 1. The number of halogens is 3. The highest BCUT2D eigenvalue weighted by Crippen LogP contribution is 2.28. The lowest BCUT2D eigenvalue weighted by atomic mass is 10.0. The van der Waals surface area contributed by atoms with Gasteiger partial charge in [-0.15, -0.1) is 0 Å². The van der Waals surface area contributed by atoms with Crippen LogP contribution in [0, 0.1) is 0 Å². The van der Waals surface area contributed by atoms with Crippen LogP contribution in [0.25, 0.3) is 22.0 Å². The van der Waals surface area contributed by atoms with Crippen molar-refractivity contribution in [2.75, 3.05) is 30.0 Å². The number of fused-ring (bicyclic) bond motifs is 1. The zero-order valence-corrected chi connectivity index (χ0v) is 15.6. The SMILES string of the molecule is CNc1nc(N)nc2cc(-c3cccc(NC(=O)COC(=O)C(F)(F)F)c3)ccc12. The minimum Gasteiger partial charge on any atom is -0.449 e. The average molecular weight is 419 g/mol. The number of alkyl halides is 3. The summed E-state index contributed by atoms with van der Waals surface area (Å²) in [5.74, 6) is -2.64. The molecule has 0 aliphatic heterocycles. The maximum Gasteiger partial charge on any atom is 0.490 e. The summed E-state index contributed by atoms with van der Waals surface area (Å²) in [7, 11) is 1.72. The molecule has 11 heteroatoms. The number of aromatic nitrogens is 2. The molecule has 0 aliphatic rings. The number of rotatable bonds is 5. The van der Waals surface area contributed by atoms with E-state index in [2.05, 4.69) is 25.3 Å². The molecule has 2 aromatic carbocycles. The molecule has 0 spiro atoms. The van der Waals surface area contributed by atoms with Crippen LogP contribution in [0.1, 0.15) is 0 Å². The molecule has 0 radical (unpaired) electrons. The summed E-state index contributed by atoms with van der Waals surface area (Å²) >= 11 is 0. The number of amides is 1. The number of hydrogen-bond acceptors (Lipinski definition) is 7. The molecule has 156 valence electrons. The fourth-order valence-electron chi connectivity index (χ4n) is 2.70. The Morgan fingerprint density at radius 2 is 1.83 bits per heavy atom. The maximum atomic E-state index is 12.1. The third kappa shape index (κ3) is 4.74. The monoisotopic (exact) mass is 419 g/mol. The standard InChI is InChI=1S/C19H16F3N5O3/c1-24-16-13-6-5-11(8-14(13)26-18(23)27-16)10-3-2-4-12(7-10)25-15(28)9-30-17(29)19(20,21)22/h2-8H,9H2,1H3,(H,25,28)(H3,23,24,26,27). The zero-order valence-electron chi connectivity index (χ0n) is 15.6. The van der Waals surface area contributed by atoms with Crippen LogP contribution in [0.5, 0.6) is 0 Å². The van der Waals surface area contributed by atoms with E-state index in [4.69, 9.17) is 5.73 Å². The summed E-state index contributed by atoms with van der Waals surface area (Å²) in [6.45, 7) is -1.05. The van der Waals surface area contributed by atoms with Gasteiger partial charge in [0, 0.05) is 18.1 Å². The summed E-state index contributed by atoms with van der Waals surface area (Å²) in [5, 5.41) is 6.10. The van der Waals surface area contributed by atoms with Crippen LogP contribution in [0.15, 0.2) is 42.5 Å². The maximum absolute atomic E-state index is 12.1. The Bertz CT molecular complexity index is 1120. The van der Waals surface area contributed by atoms with Gasteiger partial charge in [-0.3, -0.25) is 4.79 Å². The third-order valence-electron chi connectivity index (χ3n) is 4.00. The van der Waals surface area contributed by atoms with Gasteiger partial charge in [0.15, 0.2) is 6.61 Å². The van der Waals surface area contributed by atoms with Crippen LogP contribution < -0.4 is 16.4 Å². The Morgan fingerprint density at radius 1 is 1.10 bits per heavy atom. The van der Waals surface area contributed by atoms with Gasteiger partial charge >= 0.3 is 12.1 Å². The lowest BCUT2D eigenvalue weighted by Crippen LogP contribution is -2.29. The molecule has 1 aromatic heterocycles. The minimum absolute atomic E-state index is 0.110. The van der Waals surface area contributed by atoms with Crippen molar-refractivity contribution in [1.29, 1.82) is 0 Å². The number of nitrogens with two attached hydrogens (primary N) is 1. The van der Waals surface area contributed by atoms with Crippen molar-refractivity contribution in [3.05, 3.63) is 42.5 Å². The van der Waals surface area contributed by atoms with E-state index in [1.165, 1.54) is 0 Å². The lowest BCUT2D eigenvalue weighted by Gasteiger charge is -2.10. The molecular weight excluding hydrogens is 403 g/mol. The molecular formula is C19H16F3N5O3. The largest absolute Gasteiger partial charge is 0.490 e. The van der Waals surface area contributed by atoms with Gasteiger partial charge < -0.3 is 21.1 Å². The van der Waals surface area contributed by atoms with Crippen LogP contribution >= 0.6 is 0 Å². The topological polar surface area (TPSA) is 119 Å². The summed E-state index contributed by atoms with van der Waals surface area (Å²) in [4.78, 5) is 30.8. The molecule has 30 heavy (non-hydrogen) atoms. The molecule has 0 fully saturated rings. The van der Waals surface area contributed by atoms with E-state index in [0.29, 0.717) is 22.6 Å². The first kappa shape index (κ1) is 20.8. The van der Waals surface area contributed by atoms with Gasteiger partial charge in [-0.1, -0.05) is 18.2 Å². The molecule has 1 heterocycles. The van der Waals surface area contributed by atoms with Crippen molar-refractivity contribution in [1.82, 2.24) is 9.97 Å². The number of hydrogen-bond donors (Lipinski definition) is 3. The molecule has 1 amide bonds. The fraction of sp³-hybridized carbons (Fsp3) is 0.158. The Hall–Kier alpha value is -3.89. The van der Waals surface area contributed by atoms with Crippen LogP contribution in [0.4, 0.5) is 30.6 Å². The predicted octanol–water partition coefficient (Wildman–Crippen LogP) is 2.96. The van der Waals surface area contributed by atoms with E-state index in [-0.39, 0.29) is 5.95 Å². The van der Waals surface area contributed by atoms with E-state index in [0.717, 1.165) is 10.9 Å². The number of nitrogens with one attached hydrogen (secondary N) is 2. The molecule has 0 bridgehead atoms. The first-order valence-electron chi connectivity index (χ1n) is 8.56. The number of benzene rings is 2. The van der Waals surface area contributed by atoms with Gasteiger partial charge in [0.25, 0.3) is 5.91 Å². The van der Waals surface area contributed by atoms with Crippen LogP contribution in [0.2, 0.25) is 0 Å². The quantitative estimate of drug-likeness (QED) is 0.544. The zero-order chi connectivity index (χ0) is 21.9. The molecule has 0 unspecified atom stereocenters. The van der Waals surface area contributed by atoms with Crippen molar-refractivity contribution in [3.63, 3.8) is 0 Å². The van der Waals surface area contributed by atoms with E-state index < -0.39 is 24.7 Å². The Kier molecular flexibility index (Phi) is 5.72. The summed E-state index contributed by atoms with van der Waals surface area (Å²) in [6.07, 6.45) is -5.16.